The maximum absolute atomic E-state index is 11.7. The molecule has 0 aliphatic heterocycles. The van der Waals surface area contributed by atoms with Crippen molar-refractivity contribution in [1.82, 2.24) is 5.32 Å². The summed E-state index contributed by atoms with van der Waals surface area (Å²) in [6, 6.07) is 2.30. The molecule has 1 rings (SSSR count). The fraction of sp³-hybridized carbons (Fsp3) is 0.846. The summed E-state index contributed by atoms with van der Waals surface area (Å²) in [5, 5.41) is 12.1. The third-order valence-corrected chi connectivity index (χ3v) is 3.25. The Labute approximate surface area is 98.2 Å². The van der Waals surface area contributed by atoms with Crippen molar-refractivity contribution in [2.45, 2.75) is 64.3 Å². The zero-order chi connectivity index (χ0) is 12.0. The maximum atomic E-state index is 11.7. The average Bonchev–Trinajstić information content (AvgIpc) is 2.28. The Morgan fingerprint density at radius 3 is 2.50 bits per heavy atom. The van der Waals surface area contributed by atoms with E-state index in [0.717, 1.165) is 32.1 Å². The highest BCUT2D eigenvalue weighted by molar-refractivity contribution is 5.77. The van der Waals surface area contributed by atoms with Gasteiger partial charge in [-0.2, -0.15) is 5.26 Å². The Kier molecular flexibility index (Phi) is 4.79. The van der Waals surface area contributed by atoms with Gasteiger partial charge in [-0.05, 0) is 25.2 Å². The van der Waals surface area contributed by atoms with E-state index in [1.807, 2.05) is 0 Å². The van der Waals surface area contributed by atoms with Gasteiger partial charge < -0.3 is 5.32 Å². The minimum Gasteiger partial charge on any atom is -0.338 e. The molecule has 0 aromatic heterocycles. The molecule has 0 bridgehead atoms. The highest BCUT2D eigenvalue weighted by Gasteiger charge is 2.33. The third kappa shape index (κ3) is 3.84. The van der Waals surface area contributed by atoms with Crippen LogP contribution in [0.3, 0.4) is 0 Å². The van der Waals surface area contributed by atoms with Crippen molar-refractivity contribution in [3.8, 4) is 6.07 Å². The molecule has 0 aromatic rings. The second-order valence-corrected chi connectivity index (χ2v) is 5.24. The molecule has 0 atom stereocenters. The number of nitriles is 1. The number of nitrogens with one attached hydrogen (secondary N) is 1. The Hall–Kier alpha value is -1.04. The van der Waals surface area contributed by atoms with Crippen molar-refractivity contribution >= 4 is 5.91 Å². The Morgan fingerprint density at radius 1 is 1.38 bits per heavy atom. The van der Waals surface area contributed by atoms with E-state index in [1.165, 1.54) is 6.42 Å². The highest BCUT2D eigenvalue weighted by Crippen LogP contribution is 2.27. The SMILES string of the molecule is CC(C)CCC(=O)NC1(C#N)CCCCC1. The minimum absolute atomic E-state index is 0.0390. The minimum atomic E-state index is -0.563. The normalized spacial score (nSPS) is 19.1. The van der Waals surface area contributed by atoms with Crippen LogP contribution in [0.5, 0.6) is 0 Å². The van der Waals surface area contributed by atoms with Crippen LogP contribution >= 0.6 is 0 Å². The molecule has 1 fully saturated rings. The number of rotatable bonds is 4. The second-order valence-electron chi connectivity index (χ2n) is 5.24. The number of carbonyl (C=O) groups is 1. The van der Waals surface area contributed by atoms with Crippen LogP contribution in [0.15, 0.2) is 0 Å². The predicted molar refractivity (Wildman–Crippen MR) is 63.6 cm³/mol. The molecular weight excluding hydrogens is 200 g/mol. The lowest BCUT2D eigenvalue weighted by Gasteiger charge is -2.31. The summed E-state index contributed by atoms with van der Waals surface area (Å²) >= 11 is 0. The van der Waals surface area contributed by atoms with Gasteiger partial charge in [-0.25, -0.2) is 0 Å². The molecular formula is C13H22N2O. The lowest BCUT2D eigenvalue weighted by atomic mass is 9.82. The van der Waals surface area contributed by atoms with Gasteiger partial charge in [0.25, 0.3) is 0 Å². The average molecular weight is 222 g/mol. The number of nitrogens with zero attached hydrogens (tertiary/aromatic N) is 1. The molecule has 0 saturated heterocycles. The summed E-state index contributed by atoms with van der Waals surface area (Å²) in [5.41, 5.74) is -0.563. The summed E-state index contributed by atoms with van der Waals surface area (Å²) in [6.45, 7) is 4.21. The molecule has 1 amide bonds. The van der Waals surface area contributed by atoms with Crippen molar-refractivity contribution in [3.05, 3.63) is 0 Å². The quantitative estimate of drug-likeness (QED) is 0.795. The summed E-state index contributed by atoms with van der Waals surface area (Å²) in [7, 11) is 0. The Morgan fingerprint density at radius 2 is 2.00 bits per heavy atom. The zero-order valence-corrected chi connectivity index (χ0v) is 10.4. The Balaban J connectivity index is 2.43. The molecule has 1 N–H and O–H groups in total. The van der Waals surface area contributed by atoms with Crippen LogP contribution in [0, 0.1) is 17.2 Å². The molecule has 3 nitrogen and oxygen atoms in total. The van der Waals surface area contributed by atoms with Gasteiger partial charge in [0.1, 0.15) is 5.54 Å². The molecule has 0 heterocycles. The van der Waals surface area contributed by atoms with Gasteiger partial charge in [-0.1, -0.05) is 33.1 Å². The van der Waals surface area contributed by atoms with Gasteiger partial charge in [0.05, 0.1) is 6.07 Å². The van der Waals surface area contributed by atoms with E-state index in [1.54, 1.807) is 0 Å². The van der Waals surface area contributed by atoms with Crippen LogP contribution in [0.25, 0.3) is 0 Å². The molecule has 0 radical (unpaired) electrons. The van der Waals surface area contributed by atoms with Gasteiger partial charge in [0, 0.05) is 6.42 Å². The van der Waals surface area contributed by atoms with Gasteiger partial charge in [0.2, 0.25) is 5.91 Å². The summed E-state index contributed by atoms with van der Waals surface area (Å²) in [6.07, 6.45) is 6.36. The molecule has 90 valence electrons. The third-order valence-electron chi connectivity index (χ3n) is 3.25. The van der Waals surface area contributed by atoms with E-state index in [9.17, 15) is 10.1 Å². The molecule has 16 heavy (non-hydrogen) atoms. The number of carbonyl (C=O) groups excluding carboxylic acids is 1. The van der Waals surface area contributed by atoms with E-state index in [4.69, 9.17) is 0 Å². The topological polar surface area (TPSA) is 52.9 Å². The fourth-order valence-electron chi connectivity index (χ4n) is 2.17. The lowest BCUT2D eigenvalue weighted by molar-refractivity contribution is -0.123. The van der Waals surface area contributed by atoms with Crippen molar-refractivity contribution in [2.75, 3.05) is 0 Å². The Bertz CT molecular complexity index is 272. The van der Waals surface area contributed by atoms with E-state index in [-0.39, 0.29) is 5.91 Å². The van der Waals surface area contributed by atoms with Gasteiger partial charge in [-0.3, -0.25) is 4.79 Å². The lowest BCUT2D eigenvalue weighted by Crippen LogP contribution is -2.48. The molecule has 1 aliphatic rings. The number of amides is 1. The van der Waals surface area contributed by atoms with Crippen LogP contribution in [0.1, 0.15) is 58.8 Å². The molecule has 0 aromatic carbocycles. The fourth-order valence-corrected chi connectivity index (χ4v) is 2.17. The summed E-state index contributed by atoms with van der Waals surface area (Å²) < 4.78 is 0. The zero-order valence-electron chi connectivity index (χ0n) is 10.4. The van der Waals surface area contributed by atoms with Gasteiger partial charge in [-0.15, -0.1) is 0 Å². The largest absolute Gasteiger partial charge is 0.338 e. The van der Waals surface area contributed by atoms with E-state index in [2.05, 4.69) is 25.2 Å². The summed E-state index contributed by atoms with van der Waals surface area (Å²) in [4.78, 5) is 11.7. The molecule has 0 spiro atoms. The van der Waals surface area contributed by atoms with Crippen LogP contribution in [-0.2, 0) is 4.79 Å². The smallest absolute Gasteiger partial charge is 0.221 e. The molecule has 1 aliphatic carbocycles. The maximum Gasteiger partial charge on any atom is 0.221 e. The monoisotopic (exact) mass is 222 g/mol. The molecule has 0 unspecified atom stereocenters. The van der Waals surface area contributed by atoms with Crippen LogP contribution < -0.4 is 5.32 Å². The van der Waals surface area contributed by atoms with Crippen molar-refractivity contribution in [1.29, 1.82) is 5.26 Å². The van der Waals surface area contributed by atoms with Gasteiger partial charge >= 0.3 is 0 Å². The van der Waals surface area contributed by atoms with Crippen molar-refractivity contribution in [2.24, 2.45) is 5.92 Å². The first kappa shape index (κ1) is 13.0. The molecule has 1 saturated carbocycles. The first-order chi connectivity index (χ1) is 7.58. The first-order valence-corrected chi connectivity index (χ1v) is 6.30. The standard InChI is InChI=1S/C13H22N2O/c1-11(2)6-7-12(16)15-13(10-14)8-4-3-5-9-13/h11H,3-9H2,1-2H3,(H,15,16). The summed E-state index contributed by atoms with van der Waals surface area (Å²) in [5.74, 6) is 0.576. The van der Waals surface area contributed by atoms with Gasteiger partial charge in [0.15, 0.2) is 0 Å². The highest BCUT2D eigenvalue weighted by atomic mass is 16.1. The van der Waals surface area contributed by atoms with Crippen LogP contribution in [-0.4, -0.2) is 11.4 Å². The van der Waals surface area contributed by atoms with E-state index < -0.39 is 5.54 Å². The van der Waals surface area contributed by atoms with Crippen LogP contribution in [0.2, 0.25) is 0 Å². The predicted octanol–water partition coefficient (Wildman–Crippen LogP) is 2.77. The number of hydrogen-bond donors (Lipinski definition) is 1. The van der Waals surface area contributed by atoms with Crippen LogP contribution in [0.4, 0.5) is 0 Å². The number of hydrogen-bond acceptors (Lipinski definition) is 2. The first-order valence-electron chi connectivity index (χ1n) is 6.30. The molecule has 3 heteroatoms. The van der Waals surface area contributed by atoms with E-state index in [0.29, 0.717) is 12.3 Å². The van der Waals surface area contributed by atoms with Crippen molar-refractivity contribution in [3.63, 3.8) is 0 Å². The van der Waals surface area contributed by atoms with E-state index >= 15 is 0 Å². The second kappa shape index (κ2) is 5.89. The van der Waals surface area contributed by atoms with Crippen molar-refractivity contribution < 1.29 is 4.79 Å².